The maximum absolute atomic E-state index is 12.0. The number of amides is 1. The first kappa shape index (κ1) is 10.2. The highest BCUT2D eigenvalue weighted by atomic mass is 32.2. The molecule has 0 aromatic carbocycles. The van der Waals surface area contributed by atoms with E-state index < -0.39 is 5.97 Å². The minimum absolute atomic E-state index is 0.0245. The van der Waals surface area contributed by atoms with Gasteiger partial charge in [-0.1, -0.05) is 0 Å². The molecule has 1 saturated carbocycles. The number of carbonyl (C=O) groups is 2. The van der Waals surface area contributed by atoms with Crippen molar-refractivity contribution in [3.8, 4) is 0 Å². The third-order valence-electron chi connectivity index (χ3n) is 3.53. The van der Waals surface area contributed by atoms with Gasteiger partial charge in [0.25, 0.3) is 0 Å². The van der Waals surface area contributed by atoms with Crippen molar-refractivity contribution in [2.24, 2.45) is 11.8 Å². The molecule has 2 atom stereocenters. The number of carbonyl (C=O) groups excluding carboxylic acids is 1. The molecule has 1 N–H and O–H groups in total. The zero-order chi connectivity index (χ0) is 11.4. The summed E-state index contributed by atoms with van der Waals surface area (Å²) >= 11 is 1.71. The minimum atomic E-state index is -0.967. The van der Waals surface area contributed by atoms with Crippen molar-refractivity contribution in [2.45, 2.75) is 25.1 Å². The first-order valence-corrected chi connectivity index (χ1v) is 6.54. The number of hydrogen-bond acceptors (Lipinski definition) is 3. The smallest absolute Gasteiger partial charge is 0.352 e. The van der Waals surface area contributed by atoms with E-state index in [2.05, 4.69) is 0 Å². The summed E-state index contributed by atoms with van der Waals surface area (Å²) in [5.74, 6) is 0.406. The van der Waals surface area contributed by atoms with Crippen LogP contribution in [0, 0.1) is 11.8 Å². The van der Waals surface area contributed by atoms with E-state index in [0.29, 0.717) is 5.92 Å². The van der Waals surface area contributed by atoms with Crippen LogP contribution in [-0.2, 0) is 9.59 Å². The summed E-state index contributed by atoms with van der Waals surface area (Å²) in [4.78, 5) is 24.6. The molecule has 0 aromatic rings. The van der Waals surface area contributed by atoms with Gasteiger partial charge >= 0.3 is 5.97 Å². The number of carboxylic acid groups (broad SMARTS) is 1. The van der Waals surface area contributed by atoms with Crippen LogP contribution in [0.4, 0.5) is 0 Å². The molecule has 2 heterocycles. The van der Waals surface area contributed by atoms with Gasteiger partial charge in [0.15, 0.2) is 0 Å². The van der Waals surface area contributed by atoms with Gasteiger partial charge in [-0.05, 0) is 31.3 Å². The molecule has 5 heteroatoms. The number of aliphatic carboxylic acids is 1. The number of fused-ring (bicyclic) bond motifs is 1. The van der Waals surface area contributed by atoms with Crippen LogP contribution in [0.3, 0.4) is 0 Å². The van der Waals surface area contributed by atoms with Crippen LogP contribution in [-0.4, -0.2) is 33.0 Å². The van der Waals surface area contributed by atoms with Crippen molar-refractivity contribution in [1.82, 2.24) is 4.90 Å². The third-order valence-corrected chi connectivity index (χ3v) is 4.98. The lowest BCUT2D eigenvalue weighted by atomic mass is 9.91. The van der Waals surface area contributed by atoms with Crippen LogP contribution in [0.25, 0.3) is 0 Å². The normalized spacial score (nSPS) is 33.6. The third kappa shape index (κ3) is 1.24. The minimum Gasteiger partial charge on any atom is -0.477 e. The van der Waals surface area contributed by atoms with Crippen molar-refractivity contribution in [1.29, 1.82) is 0 Å². The molecule has 4 nitrogen and oxygen atoms in total. The molecule has 0 aromatic heterocycles. The fourth-order valence-corrected chi connectivity index (χ4v) is 4.02. The van der Waals surface area contributed by atoms with Crippen LogP contribution < -0.4 is 0 Å². The van der Waals surface area contributed by atoms with Gasteiger partial charge < -0.3 is 5.11 Å². The molecule has 1 saturated heterocycles. The number of thioether (sulfide) groups is 1. The van der Waals surface area contributed by atoms with Crippen LogP contribution in [0.5, 0.6) is 0 Å². The maximum Gasteiger partial charge on any atom is 0.352 e. The van der Waals surface area contributed by atoms with E-state index in [-0.39, 0.29) is 22.9 Å². The molecular formula is C11H13NO3S. The molecule has 0 bridgehead atoms. The fourth-order valence-electron chi connectivity index (χ4n) is 2.56. The van der Waals surface area contributed by atoms with Crippen LogP contribution in [0.1, 0.15) is 19.8 Å². The van der Waals surface area contributed by atoms with Crippen molar-refractivity contribution in [3.05, 3.63) is 11.3 Å². The summed E-state index contributed by atoms with van der Waals surface area (Å²) in [5.41, 5.74) is 1.03. The average molecular weight is 239 g/mol. The molecule has 1 amide bonds. The largest absolute Gasteiger partial charge is 0.477 e. The summed E-state index contributed by atoms with van der Waals surface area (Å²) in [6, 6.07) is 0. The number of hydrogen-bond donors (Lipinski definition) is 1. The Morgan fingerprint density at radius 3 is 2.75 bits per heavy atom. The van der Waals surface area contributed by atoms with E-state index >= 15 is 0 Å². The number of β-lactam (4-membered cyclic amide) rings is 1. The molecule has 1 aliphatic carbocycles. The number of carboxylic acids is 1. The Labute approximate surface area is 97.7 Å². The molecule has 2 aliphatic heterocycles. The molecule has 1 unspecified atom stereocenters. The Hall–Kier alpha value is -0.970. The first-order chi connectivity index (χ1) is 7.61. The highest BCUT2D eigenvalue weighted by Gasteiger charge is 2.57. The molecule has 2 fully saturated rings. The van der Waals surface area contributed by atoms with Gasteiger partial charge in [-0.25, -0.2) is 4.79 Å². The highest BCUT2D eigenvalue weighted by Crippen LogP contribution is 2.52. The molecule has 86 valence electrons. The van der Waals surface area contributed by atoms with Crippen molar-refractivity contribution in [3.63, 3.8) is 0 Å². The Balaban J connectivity index is 1.91. The molecule has 16 heavy (non-hydrogen) atoms. The van der Waals surface area contributed by atoms with Gasteiger partial charge in [0, 0.05) is 5.75 Å². The maximum atomic E-state index is 12.0. The van der Waals surface area contributed by atoms with E-state index in [1.807, 2.05) is 0 Å². The second-order valence-electron chi connectivity index (χ2n) is 4.71. The van der Waals surface area contributed by atoms with Gasteiger partial charge in [-0.3, -0.25) is 9.69 Å². The first-order valence-electron chi connectivity index (χ1n) is 5.49. The molecule has 0 spiro atoms. The fraction of sp³-hybridized carbons (Fsp3) is 0.636. The van der Waals surface area contributed by atoms with E-state index in [1.165, 1.54) is 4.90 Å². The predicted molar refractivity (Wildman–Crippen MR) is 59.6 cm³/mol. The van der Waals surface area contributed by atoms with Crippen LogP contribution in [0.2, 0.25) is 0 Å². The van der Waals surface area contributed by atoms with Gasteiger partial charge in [0.05, 0.1) is 11.3 Å². The van der Waals surface area contributed by atoms with Crippen molar-refractivity contribution >= 4 is 23.6 Å². The van der Waals surface area contributed by atoms with E-state index in [4.69, 9.17) is 5.11 Å². The van der Waals surface area contributed by atoms with E-state index in [1.54, 1.807) is 18.7 Å². The Kier molecular flexibility index (Phi) is 2.08. The van der Waals surface area contributed by atoms with Crippen molar-refractivity contribution in [2.75, 3.05) is 5.75 Å². The van der Waals surface area contributed by atoms with Gasteiger partial charge in [0.2, 0.25) is 5.91 Å². The quantitative estimate of drug-likeness (QED) is 0.738. The Morgan fingerprint density at radius 1 is 1.50 bits per heavy atom. The van der Waals surface area contributed by atoms with E-state index in [9.17, 15) is 9.59 Å². The molecule has 3 rings (SSSR count). The monoisotopic (exact) mass is 239 g/mol. The average Bonchev–Trinajstić information content (AvgIpc) is 3.02. The lowest BCUT2D eigenvalue weighted by Gasteiger charge is -2.49. The van der Waals surface area contributed by atoms with Crippen molar-refractivity contribution < 1.29 is 14.7 Å². The molecular weight excluding hydrogens is 226 g/mol. The SMILES string of the molecule is CC1=C(C(=O)O)N2C(=O)C(C3CC3)[C@@H]2SC1. The highest BCUT2D eigenvalue weighted by molar-refractivity contribution is 8.00. The standard InChI is InChI=1S/C11H13NO3S/c1-5-4-16-10-7(6-2-3-6)9(13)12(10)8(5)11(14)15/h6-7,10H,2-4H2,1H3,(H,14,15)/t7?,10-/m0/s1. The predicted octanol–water partition coefficient (Wildman–Crippen LogP) is 1.29. The van der Waals surface area contributed by atoms with E-state index in [0.717, 1.165) is 24.2 Å². The lowest BCUT2D eigenvalue weighted by molar-refractivity contribution is -0.153. The zero-order valence-electron chi connectivity index (χ0n) is 8.97. The summed E-state index contributed by atoms with van der Waals surface area (Å²) < 4.78 is 0. The van der Waals surface area contributed by atoms with Gasteiger partial charge in [-0.2, -0.15) is 0 Å². The summed E-state index contributed by atoms with van der Waals surface area (Å²) in [6.07, 6.45) is 2.26. The molecule has 0 radical (unpaired) electrons. The number of rotatable bonds is 2. The molecule has 3 aliphatic rings. The van der Waals surface area contributed by atoms with Gasteiger partial charge in [0.1, 0.15) is 5.70 Å². The van der Waals surface area contributed by atoms with Crippen LogP contribution >= 0.6 is 11.8 Å². The Morgan fingerprint density at radius 2 is 2.19 bits per heavy atom. The zero-order valence-corrected chi connectivity index (χ0v) is 9.79. The summed E-state index contributed by atoms with van der Waals surface area (Å²) in [6.45, 7) is 1.80. The lowest BCUT2D eigenvalue weighted by Crippen LogP contribution is -2.62. The second kappa shape index (κ2) is 3.26. The number of nitrogens with zero attached hydrogens (tertiary/aromatic N) is 1. The Bertz CT molecular complexity index is 413. The summed E-state index contributed by atoms with van der Waals surface area (Å²) in [5, 5.41) is 9.22. The van der Waals surface area contributed by atoms with Crippen LogP contribution in [0.15, 0.2) is 11.3 Å². The second-order valence-corrected chi connectivity index (χ2v) is 5.81. The van der Waals surface area contributed by atoms with Gasteiger partial charge in [-0.15, -0.1) is 11.8 Å². The summed E-state index contributed by atoms with van der Waals surface area (Å²) in [7, 11) is 0. The topological polar surface area (TPSA) is 57.6 Å².